The third kappa shape index (κ3) is 10.3. The number of hydrogen-bond donors (Lipinski definition) is 8. The van der Waals surface area contributed by atoms with Gasteiger partial charge < -0.3 is 42.4 Å². The number of rotatable bonds is 14. The molecule has 2 atom stereocenters. The third-order valence-electron chi connectivity index (χ3n) is 6.83. The van der Waals surface area contributed by atoms with Crippen molar-refractivity contribution in [2.75, 3.05) is 5.73 Å². The van der Waals surface area contributed by atoms with E-state index in [4.69, 9.17) is 31.7 Å². The van der Waals surface area contributed by atoms with Crippen LogP contribution in [0.1, 0.15) is 43.2 Å². The minimum absolute atomic E-state index is 0.126. The Labute approximate surface area is 252 Å². The summed E-state index contributed by atoms with van der Waals surface area (Å²) < 4.78 is 20.9. The molecule has 0 unspecified atom stereocenters. The number of amides is 5. The number of hydrogen-bond acceptors (Lipinski definition) is 9. The van der Waals surface area contributed by atoms with Crippen molar-refractivity contribution in [3.63, 3.8) is 0 Å². The third-order valence-corrected chi connectivity index (χ3v) is 7.27. The number of carbonyl (C=O) groups is 5. The van der Waals surface area contributed by atoms with Gasteiger partial charge in [0.1, 0.15) is 30.0 Å². The summed E-state index contributed by atoms with van der Waals surface area (Å²) in [5, 5.41) is 7.60. The van der Waals surface area contributed by atoms with Gasteiger partial charge in [-0.25, -0.2) is 9.36 Å². The molecule has 5 amide bonds. The van der Waals surface area contributed by atoms with E-state index in [2.05, 4.69) is 20.5 Å². The zero-order valence-corrected chi connectivity index (χ0v) is 24.5. The maximum absolute atomic E-state index is 13.6. The van der Waals surface area contributed by atoms with Crippen molar-refractivity contribution < 1.29 is 47.6 Å². The smallest absolute Gasteiger partial charge is 0.445 e. The highest BCUT2D eigenvalue weighted by atomic mass is 31.2. The first-order valence-electron chi connectivity index (χ1n) is 13.5. The van der Waals surface area contributed by atoms with Crippen molar-refractivity contribution in [2.24, 2.45) is 11.5 Å². The molecule has 44 heavy (non-hydrogen) atoms. The molecule has 0 spiro atoms. The summed E-state index contributed by atoms with van der Waals surface area (Å²) in [7, 11) is -4.80. The van der Waals surface area contributed by atoms with Crippen LogP contribution in [0.15, 0.2) is 48.5 Å². The van der Waals surface area contributed by atoms with Gasteiger partial charge in [-0.1, -0.05) is 37.1 Å². The summed E-state index contributed by atoms with van der Waals surface area (Å²) in [6.45, 7) is -0.152. The van der Waals surface area contributed by atoms with Crippen LogP contribution >= 0.6 is 7.82 Å². The maximum Gasteiger partial charge on any atom is 0.524 e. The predicted octanol–water partition coefficient (Wildman–Crippen LogP) is -0.148. The van der Waals surface area contributed by atoms with Crippen molar-refractivity contribution in [3.05, 3.63) is 59.7 Å². The minimum Gasteiger partial charge on any atom is -0.445 e. The first-order valence-corrected chi connectivity index (χ1v) is 15.0. The van der Waals surface area contributed by atoms with Gasteiger partial charge in [-0.2, -0.15) is 0 Å². The Balaban J connectivity index is 1.80. The summed E-state index contributed by atoms with van der Waals surface area (Å²) >= 11 is 0. The highest BCUT2D eigenvalue weighted by Gasteiger charge is 2.45. The predicted molar refractivity (Wildman–Crippen MR) is 155 cm³/mol. The van der Waals surface area contributed by atoms with E-state index >= 15 is 0 Å². The normalized spacial score (nSPS) is 15.3. The van der Waals surface area contributed by atoms with E-state index in [0.29, 0.717) is 29.7 Å². The van der Waals surface area contributed by atoms with Gasteiger partial charge in [0.2, 0.25) is 23.6 Å². The molecule has 0 heterocycles. The van der Waals surface area contributed by atoms with Crippen molar-refractivity contribution in [2.45, 2.75) is 62.8 Å². The highest BCUT2D eigenvalue weighted by Crippen LogP contribution is 2.37. The van der Waals surface area contributed by atoms with Gasteiger partial charge in [0.05, 0.1) is 6.42 Å². The summed E-state index contributed by atoms with van der Waals surface area (Å²) in [6, 6.07) is 9.38. The Morgan fingerprint density at radius 2 is 1.59 bits per heavy atom. The Bertz CT molecular complexity index is 1420. The van der Waals surface area contributed by atoms with Crippen molar-refractivity contribution in [1.82, 2.24) is 16.0 Å². The zero-order valence-electron chi connectivity index (χ0n) is 23.6. The summed E-state index contributed by atoms with van der Waals surface area (Å²) in [5.41, 5.74) is 16.3. The van der Waals surface area contributed by atoms with Gasteiger partial charge >= 0.3 is 13.9 Å². The number of benzene rings is 2. The van der Waals surface area contributed by atoms with E-state index in [1.54, 1.807) is 24.3 Å². The number of nitrogen functional groups attached to an aromatic ring is 1. The van der Waals surface area contributed by atoms with Gasteiger partial charge in [0.15, 0.2) is 0 Å². The summed E-state index contributed by atoms with van der Waals surface area (Å²) in [5.74, 6) is -3.47. The Morgan fingerprint density at radius 1 is 0.932 bits per heavy atom. The molecule has 3 rings (SSSR count). The lowest BCUT2D eigenvalue weighted by Crippen LogP contribution is -2.63. The number of primary amides is 2. The average molecular weight is 635 g/mol. The number of alkyl carbamates (subject to hydrolysis) is 1. The summed E-state index contributed by atoms with van der Waals surface area (Å²) in [6.07, 6.45) is -0.0806. The van der Waals surface area contributed by atoms with Crippen LogP contribution in [-0.4, -0.2) is 57.1 Å². The molecule has 16 nitrogen and oxygen atoms in total. The Morgan fingerprint density at radius 3 is 2.16 bits per heavy atom. The van der Waals surface area contributed by atoms with Gasteiger partial charge in [-0.3, -0.25) is 29.0 Å². The lowest BCUT2D eigenvalue weighted by molar-refractivity contribution is -0.136. The number of phosphoric acid groups is 1. The summed E-state index contributed by atoms with van der Waals surface area (Å²) in [4.78, 5) is 81.0. The van der Waals surface area contributed by atoms with Gasteiger partial charge in [0.25, 0.3) is 0 Å². The topological polar surface area (TPSA) is 275 Å². The number of phosphoric ester groups is 1. The molecule has 17 heteroatoms. The van der Waals surface area contributed by atoms with Crippen LogP contribution in [0.3, 0.4) is 0 Å². The van der Waals surface area contributed by atoms with Crippen LogP contribution in [0.25, 0.3) is 0 Å². The molecule has 1 fully saturated rings. The number of nitrogens with two attached hydrogens (primary N) is 3. The molecule has 0 aromatic heterocycles. The van der Waals surface area contributed by atoms with E-state index in [-0.39, 0.29) is 31.6 Å². The van der Waals surface area contributed by atoms with E-state index in [1.165, 1.54) is 24.3 Å². The van der Waals surface area contributed by atoms with Crippen LogP contribution in [0.5, 0.6) is 5.75 Å². The largest absolute Gasteiger partial charge is 0.524 e. The molecule has 1 aliphatic carbocycles. The van der Waals surface area contributed by atoms with Gasteiger partial charge in [-0.05, 0) is 48.2 Å². The van der Waals surface area contributed by atoms with Crippen molar-refractivity contribution in [3.8, 4) is 5.75 Å². The van der Waals surface area contributed by atoms with Crippen molar-refractivity contribution >= 4 is 43.2 Å². The first-order chi connectivity index (χ1) is 20.7. The molecular formula is C27H35N6O10P. The first kappa shape index (κ1) is 33.8. The number of anilines is 1. The second-order valence-corrected chi connectivity index (χ2v) is 11.5. The molecule has 238 valence electrons. The van der Waals surface area contributed by atoms with E-state index < -0.39 is 61.6 Å². The standard InChI is InChI=1S/C27H35N6O10P/c28-18-5-3-4-17(12-18)15-42-26(38)32-21(13-16-6-8-19(9-7-16)43-44(39,40)41)24(36)33-27(10-1-2-11-27)25(37)31-20(23(30)35)14-22(29)34/h3-9,12,20-21H,1-2,10-11,13-15,28H2,(H2,29,34)(H2,30,35)(H,31,37)(H,32,38)(H,33,36)(H2,39,40,41)/t20-,21-/m0/s1. The van der Waals surface area contributed by atoms with Crippen LogP contribution < -0.4 is 37.7 Å². The van der Waals surface area contributed by atoms with E-state index in [0.717, 1.165) is 0 Å². The number of carbonyl (C=O) groups excluding carboxylic acids is 5. The average Bonchev–Trinajstić information content (AvgIpc) is 3.41. The quantitative estimate of drug-likeness (QED) is 0.0999. The van der Waals surface area contributed by atoms with E-state index in [1.807, 2.05) is 0 Å². The Kier molecular flexibility index (Phi) is 11.3. The number of ether oxygens (including phenoxy) is 1. The molecule has 0 bridgehead atoms. The van der Waals surface area contributed by atoms with Crippen LogP contribution in [0.4, 0.5) is 10.5 Å². The second kappa shape index (κ2) is 14.7. The molecular weight excluding hydrogens is 599 g/mol. The maximum atomic E-state index is 13.6. The van der Waals surface area contributed by atoms with Crippen molar-refractivity contribution in [1.29, 1.82) is 0 Å². The van der Waals surface area contributed by atoms with Gasteiger partial charge in [-0.15, -0.1) is 0 Å². The molecule has 2 aromatic carbocycles. The number of nitrogens with one attached hydrogen (secondary N) is 3. The Hall–Kier alpha value is -4.66. The fourth-order valence-electron chi connectivity index (χ4n) is 4.72. The molecule has 0 saturated heterocycles. The van der Waals surface area contributed by atoms with Crippen LogP contribution in [0.2, 0.25) is 0 Å². The lowest BCUT2D eigenvalue weighted by atomic mass is 9.94. The minimum atomic E-state index is -4.80. The van der Waals surface area contributed by atoms with Crippen LogP contribution in [-0.2, 0) is 41.5 Å². The van der Waals surface area contributed by atoms with E-state index in [9.17, 15) is 28.5 Å². The molecule has 2 aromatic rings. The molecule has 0 aliphatic heterocycles. The molecule has 11 N–H and O–H groups in total. The zero-order chi connectivity index (χ0) is 32.5. The molecule has 1 aliphatic rings. The fourth-order valence-corrected chi connectivity index (χ4v) is 5.11. The van der Waals surface area contributed by atoms with Gasteiger partial charge in [0, 0.05) is 12.1 Å². The van der Waals surface area contributed by atoms with Crippen LogP contribution in [0, 0.1) is 0 Å². The lowest BCUT2D eigenvalue weighted by Gasteiger charge is -2.32. The fraction of sp³-hybridized carbons (Fsp3) is 0.370. The second-order valence-electron chi connectivity index (χ2n) is 10.3. The highest BCUT2D eigenvalue weighted by molar-refractivity contribution is 7.46. The monoisotopic (exact) mass is 634 g/mol. The SMILES string of the molecule is NC(=O)C[C@H](NC(=O)C1(NC(=O)[C@H](Cc2ccc(OP(=O)(O)O)cc2)NC(=O)OCc2cccc(N)c2)CCCC1)C(N)=O. The molecule has 0 radical (unpaired) electrons. The molecule has 1 saturated carbocycles.